The van der Waals surface area contributed by atoms with Crippen molar-refractivity contribution < 1.29 is 9.31 Å². The van der Waals surface area contributed by atoms with E-state index in [0.29, 0.717) is 5.75 Å². The van der Waals surface area contributed by atoms with Crippen LogP contribution >= 0.6 is 12.6 Å². The highest BCUT2D eigenvalue weighted by atomic mass is 32.1. The quantitative estimate of drug-likeness (QED) is 0.682. The van der Waals surface area contributed by atoms with Gasteiger partial charge in [0.1, 0.15) is 0 Å². The van der Waals surface area contributed by atoms with Gasteiger partial charge in [0, 0.05) is 19.0 Å². The van der Waals surface area contributed by atoms with E-state index in [1.807, 2.05) is 51.6 Å². The molecule has 0 aliphatic carbocycles. The molecule has 0 bridgehead atoms. The molecule has 104 valence electrons. The van der Waals surface area contributed by atoms with Crippen molar-refractivity contribution in [1.29, 1.82) is 0 Å². The topological polar surface area (TPSA) is 36.3 Å². The van der Waals surface area contributed by atoms with Crippen molar-refractivity contribution in [3.8, 4) is 0 Å². The zero-order valence-electron chi connectivity index (χ0n) is 12.2. The van der Waals surface area contributed by atoms with Gasteiger partial charge in [-0.05, 0) is 45.3 Å². The standard InChI is InChI=1S/C13H21BN2O2S/c1-12(2)13(3,4)18-14(17-12)10(9-19)8-11-6-7-15-16(11)5/h6-8,19H,9H2,1-5H3. The molecule has 0 amide bonds. The van der Waals surface area contributed by atoms with E-state index in [-0.39, 0.29) is 18.3 Å². The van der Waals surface area contributed by atoms with E-state index < -0.39 is 0 Å². The van der Waals surface area contributed by atoms with E-state index in [0.717, 1.165) is 11.2 Å². The fraction of sp³-hybridized carbons (Fsp3) is 0.615. The summed E-state index contributed by atoms with van der Waals surface area (Å²) in [5.41, 5.74) is 1.36. The Kier molecular flexibility index (Phi) is 3.86. The number of rotatable bonds is 3. The number of aryl methyl sites for hydroxylation is 1. The summed E-state index contributed by atoms with van der Waals surface area (Å²) < 4.78 is 13.9. The Morgan fingerprint density at radius 3 is 2.37 bits per heavy atom. The second-order valence-electron chi connectivity index (χ2n) is 5.85. The first-order valence-corrected chi connectivity index (χ1v) is 7.05. The van der Waals surface area contributed by atoms with Gasteiger partial charge in [-0.1, -0.05) is 0 Å². The number of thiol groups is 1. The van der Waals surface area contributed by atoms with Crippen molar-refractivity contribution in [3.63, 3.8) is 0 Å². The molecule has 2 heterocycles. The molecule has 2 rings (SSSR count). The number of hydrogen-bond acceptors (Lipinski definition) is 4. The molecule has 19 heavy (non-hydrogen) atoms. The predicted molar refractivity (Wildman–Crippen MR) is 81.1 cm³/mol. The van der Waals surface area contributed by atoms with Crippen LogP contribution in [-0.4, -0.2) is 33.9 Å². The van der Waals surface area contributed by atoms with Gasteiger partial charge in [-0.25, -0.2) is 0 Å². The predicted octanol–water partition coefficient (Wildman–Crippen LogP) is 2.36. The van der Waals surface area contributed by atoms with Gasteiger partial charge in [0.2, 0.25) is 0 Å². The minimum atomic E-state index is -0.350. The highest BCUT2D eigenvalue weighted by Gasteiger charge is 2.52. The summed E-state index contributed by atoms with van der Waals surface area (Å²) in [7, 11) is 1.56. The second-order valence-corrected chi connectivity index (χ2v) is 6.16. The molecule has 0 atom stereocenters. The van der Waals surface area contributed by atoms with E-state index in [2.05, 4.69) is 17.7 Å². The van der Waals surface area contributed by atoms with Crippen LogP contribution in [0.1, 0.15) is 33.4 Å². The van der Waals surface area contributed by atoms with E-state index >= 15 is 0 Å². The van der Waals surface area contributed by atoms with Gasteiger partial charge < -0.3 is 9.31 Å². The number of nitrogens with zero attached hydrogens (tertiary/aromatic N) is 2. The van der Waals surface area contributed by atoms with Crippen LogP contribution in [0.5, 0.6) is 0 Å². The van der Waals surface area contributed by atoms with E-state index in [4.69, 9.17) is 9.31 Å². The Balaban J connectivity index is 2.26. The number of aromatic nitrogens is 2. The first kappa shape index (κ1) is 14.7. The molecule has 6 heteroatoms. The fourth-order valence-electron chi connectivity index (χ4n) is 1.90. The van der Waals surface area contributed by atoms with Gasteiger partial charge in [-0.3, -0.25) is 4.68 Å². The first-order valence-electron chi connectivity index (χ1n) is 6.42. The lowest BCUT2D eigenvalue weighted by Crippen LogP contribution is -2.41. The molecule has 1 aromatic rings. The van der Waals surface area contributed by atoms with Crippen molar-refractivity contribution in [2.75, 3.05) is 5.75 Å². The molecule has 0 unspecified atom stereocenters. The van der Waals surface area contributed by atoms with E-state index in [9.17, 15) is 0 Å². The summed E-state index contributed by atoms with van der Waals surface area (Å²) in [5.74, 6) is 0.585. The molecule has 0 spiro atoms. The Bertz CT molecular complexity index is 481. The molecular formula is C13H21BN2O2S. The Morgan fingerprint density at radius 2 is 1.95 bits per heavy atom. The normalized spacial score (nSPS) is 22.0. The lowest BCUT2D eigenvalue weighted by atomic mass is 9.78. The molecule has 4 nitrogen and oxygen atoms in total. The van der Waals surface area contributed by atoms with Crippen molar-refractivity contribution in [3.05, 3.63) is 23.4 Å². The van der Waals surface area contributed by atoms with Crippen LogP contribution in [0.4, 0.5) is 0 Å². The van der Waals surface area contributed by atoms with Crippen molar-refractivity contribution in [2.45, 2.75) is 38.9 Å². The van der Waals surface area contributed by atoms with Crippen LogP contribution in [0, 0.1) is 0 Å². The maximum atomic E-state index is 6.04. The van der Waals surface area contributed by atoms with Gasteiger partial charge in [-0.2, -0.15) is 17.7 Å². The van der Waals surface area contributed by atoms with Crippen molar-refractivity contribution in [2.24, 2.45) is 7.05 Å². The fourth-order valence-corrected chi connectivity index (χ4v) is 2.14. The van der Waals surface area contributed by atoms with Gasteiger partial charge in [0.05, 0.1) is 16.9 Å². The van der Waals surface area contributed by atoms with E-state index in [1.165, 1.54) is 0 Å². The first-order chi connectivity index (χ1) is 8.77. The van der Waals surface area contributed by atoms with Gasteiger partial charge in [0.25, 0.3) is 0 Å². The lowest BCUT2D eigenvalue weighted by molar-refractivity contribution is 0.00578. The molecule has 0 radical (unpaired) electrons. The minimum absolute atomic E-state index is 0.327. The van der Waals surface area contributed by atoms with Crippen LogP contribution in [-0.2, 0) is 16.4 Å². The van der Waals surface area contributed by atoms with Crippen LogP contribution in [0.2, 0.25) is 0 Å². The summed E-state index contributed by atoms with van der Waals surface area (Å²) >= 11 is 4.39. The highest BCUT2D eigenvalue weighted by Crippen LogP contribution is 2.38. The van der Waals surface area contributed by atoms with Crippen LogP contribution in [0.3, 0.4) is 0 Å². The molecule has 1 fully saturated rings. The molecule has 0 saturated carbocycles. The van der Waals surface area contributed by atoms with Crippen LogP contribution < -0.4 is 0 Å². The summed E-state index contributed by atoms with van der Waals surface area (Å²) in [6, 6.07) is 1.95. The molecule has 1 saturated heterocycles. The molecule has 0 aromatic carbocycles. The van der Waals surface area contributed by atoms with Crippen molar-refractivity contribution >= 4 is 25.8 Å². The molecule has 1 aliphatic rings. The summed E-state index contributed by atoms with van der Waals surface area (Å²) in [6.45, 7) is 8.20. The number of hydrogen-bond donors (Lipinski definition) is 1. The van der Waals surface area contributed by atoms with Gasteiger partial charge >= 0.3 is 7.12 Å². The maximum Gasteiger partial charge on any atom is 0.491 e. The van der Waals surface area contributed by atoms with Crippen LogP contribution in [0.25, 0.3) is 6.08 Å². The molecule has 1 aromatic heterocycles. The van der Waals surface area contributed by atoms with Crippen LogP contribution in [0.15, 0.2) is 17.7 Å². The molecule has 1 aliphatic heterocycles. The molecule has 0 N–H and O–H groups in total. The largest absolute Gasteiger partial charge is 0.491 e. The van der Waals surface area contributed by atoms with E-state index in [1.54, 1.807) is 6.20 Å². The highest BCUT2D eigenvalue weighted by molar-refractivity contribution is 7.80. The smallest absolute Gasteiger partial charge is 0.400 e. The second kappa shape index (κ2) is 5.00. The Labute approximate surface area is 120 Å². The lowest BCUT2D eigenvalue weighted by Gasteiger charge is -2.32. The average Bonchev–Trinajstić information content (AvgIpc) is 2.78. The monoisotopic (exact) mass is 280 g/mol. The third kappa shape index (κ3) is 2.76. The summed E-state index contributed by atoms with van der Waals surface area (Å²) in [4.78, 5) is 0. The SMILES string of the molecule is Cn1nccc1C=C(CS)B1OC(C)(C)C(C)(C)O1. The summed E-state index contributed by atoms with van der Waals surface area (Å²) in [6.07, 6.45) is 3.80. The average molecular weight is 280 g/mol. The van der Waals surface area contributed by atoms with Crippen molar-refractivity contribution in [1.82, 2.24) is 9.78 Å². The zero-order valence-corrected chi connectivity index (χ0v) is 13.1. The Morgan fingerprint density at radius 1 is 1.37 bits per heavy atom. The van der Waals surface area contributed by atoms with Gasteiger partial charge in [-0.15, -0.1) is 0 Å². The minimum Gasteiger partial charge on any atom is -0.400 e. The summed E-state index contributed by atoms with van der Waals surface area (Å²) in [5, 5.41) is 4.15. The third-order valence-electron chi connectivity index (χ3n) is 3.93. The zero-order chi connectivity index (χ0) is 14.3. The molecular weight excluding hydrogens is 259 g/mol. The van der Waals surface area contributed by atoms with Gasteiger partial charge in [0.15, 0.2) is 0 Å². The third-order valence-corrected chi connectivity index (χ3v) is 4.30. The maximum absolute atomic E-state index is 6.04. The Hall–Kier alpha value is -0.715.